The first-order valence-electron chi connectivity index (χ1n) is 5.10. The molecule has 0 aliphatic heterocycles. The first-order chi connectivity index (χ1) is 8.72. The lowest BCUT2D eigenvalue weighted by Gasteiger charge is -2.07. The molecule has 2 aromatic carbocycles. The molecule has 2 rings (SSSR count). The highest BCUT2D eigenvalue weighted by Crippen LogP contribution is 2.30. The number of rotatable bonds is 2. The molecule has 0 unspecified atom stereocenters. The highest BCUT2D eigenvalue weighted by Gasteiger charge is 2.04. The standard InChI is InChI=1S/C14H7ClN2O/c15-13-7-11(9-17)3-6-14(13)18-12-4-1-10(8-16)2-5-12/h1-7H. The van der Waals surface area contributed by atoms with Crippen molar-refractivity contribution in [2.75, 3.05) is 0 Å². The number of hydrogen-bond donors (Lipinski definition) is 0. The minimum Gasteiger partial charge on any atom is -0.456 e. The Labute approximate surface area is 109 Å². The number of hydrogen-bond acceptors (Lipinski definition) is 3. The molecule has 0 aliphatic rings. The maximum Gasteiger partial charge on any atom is 0.146 e. The number of ether oxygens (including phenoxy) is 1. The van der Waals surface area contributed by atoms with E-state index in [1.165, 1.54) is 0 Å². The first-order valence-corrected chi connectivity index (χ1v) is 5.48. The van der Waals surface area contributed by atoms with Gasteiger partial charge >= 0.3 is 0 Å². The van der Waals surface area contributed by atoms with Crippen LogP contribution in [0.4, 0.5) is 0 Å². The maximum atomic E-state index is 8.72. The van der Waals surface area contributed by atoms with E-state index in [0.29, 0.717) is 27.6 Å². The zero-order valence-electron chi connectivity index (χ0n) is 9.22. The summed E-state index contributed by atoms with van der Waals surface area (Å²) in [5.41, 5.74) is 1.04. The molecule has 0 N–H and O–H groups in total. The monoisotopic (exact) mass is 254 g/mol. The molecular formula is C14H7ClN2O. The van der Waals surface area contributed by atoms with Crippen LogP contribution in [-0.4, -0.2) is 0 Å². The Balaban J connectivity index is 2.24. The van der Waals surface area contributed by atoms with E-state index < -0.39 is 0 Å². The average molecular weight is 255 g/mol. The van der Waals surface area contributed by atoms with E-state index in [1.54, 1.807) is 42.5 Å². The molecule has 2 aromatic rings. The summed E-state index contributed by atoms with van der Waals surface area (Å²) < 4.78 is 5.56. The highest BCUT2D eigenvalue weighted by molar-refractivity contribution is 6.32. The third-order valence-electron chi connectivity index (χ3n) is 2.27. The number of nitrogens with zero attached hydrogens (tertiary/aromatic N) is 2. The van der Waals surface area contributed by atoms with Crippen molar-refractivity contribution >= 4 is 11.6 Å². The third-order valence-corrected chi connectivity index (χ3v) is 2.57. The zero-order valence-corrected chi connectivity index (χ0v) is 9.98. The molecule has 0 heterocycles. The Morgan fingerprint density at radius 2 is 1.50 bits per heavy atom. The summed E-state index contributed by atoms with van der Waals surface area (Å²) >= 11 is 5.99. The maximum absolute atomic E-state index is 8.72. The molecule has 3 nitrogen and oxygen atoms in total. The topological polar surface area (TPSA) is 56.8 Å². The quantitative estimate of drug-likeness (QED) is 0.817. The van der Waals surface area contributed by atoms with Crippen molar-refractivity contribution in [1.82, 2.24) is 0 Å². The van der Waals surface area contributed by atoms with Gasteiger partial charge in [0.15, 0.2) is 0 Å². The van der Waals surface area contributed by atoms with Gasteiger partial charge in [0.25, 0.3) is 0 Å². The number of benzene rings is 2. The summed E-state index contributed by atoms with van der Waals surface area (Å²) in [5, 5.41) is 17.8. The van der Waals surface area contributed by atoms with Crippen LogP contribution in [0, 0.1) is 22.7 Å². The van der Waals surface area contributed by atoms with Crippen molar-refractivity contribution in [1.29, 1.82) is 10.5 Å². The summed E-state index contributed by atoms with van der Waals surface area (Å²) in [4.78, 5) is 0. The van der Waals surface area contributed by atoms with E-state index in [1.807, 2.05) is 12.1 Å². The molecular weight excluding hydrogens is 248 g/mol. The van der Waals surface area contributed by atoms with Gasteiger partial charge in [-0.15, -0.1) is 0 Å². The van der Waals surface area contributed by atoms with Gasteiger partial charge in [-0.2, -0.15) is 10.5 Å². The smallest absolute Gasteiger partial charge is 0.146 e. The van der Waals surface area contributed by atoms with Crippen LogP contribution in [-0.2, 0) is 0 Å². The minimum absolute atomic E-state index is 0.374. The predicted molar refractivity (Wildman–Crippen MR) is 67.4 cm³/mol. The van der Waals surface area contributed by atoms with E-state index in [4.69, 9.17) is 26.9 Å². The average Bonchev–Trinajstić information content (AvgIpc) is 2.42. The van der Waals surface area contributed by atoms with Gasteiger partial charge in [-0.3, -0.25) is 0 Å². The Hall–Kier alpha value is -2.49. The van der Waals surface area contributed by atoms with Crippen LogP contribution < -0.4 is 4.74 Å². The second kappa shape index (κ2) is 5.23. The highest BCUT2D eigenvalue weighted by atomic mass is 35.5. The summed E-state index contributed by atoms with van der Waals surface area (Å²) in [6, 6.07) is 15.5. The van der Waals surface area contributed by atoms with Gasteiger partial charge in [-0.1, -0.05) is 11.6 Å². The fraction of sp³-hybridized carbons (Fsp3) is 0. The van der Waals surface area contributed by atoms with E-state index in [9.17, 15) is 0 Å². The summed E-state index contributed by atoms with van der Waals surface area (Å²) in [7, 11) is 0. The molecule has 0 atom stereocenters. The zero-order chi connectivity index (χ0) is 13.0. The van der Waals surface area contributed by atoms with E-state index in [0.717, 1.165) is 0 Å². The fourth-order valence-corrected chi connectivity index (χ4v) is 1.60. The van der Waals surface area contributed by atoms with Gasteiger partial charge in [0.2, 0.25) is 0 Å². The summed E-state index contributed by atoms with van der Waals surface area (Å²) in [6.07, 6.45) is 0. The minimum atomic E-state index is 0.374. The number of halogens is 1. The first kappa shape index (κ1) is 12.0. The van der Waals surface area contributed by atoms with Gasteiger partial charge in [0.05, 0.1) is 28.3 Å². The van der Waals surface area contributed by atoms with Crippen molar-refractivity contribution in [2.24, 2.45) is 0 Å². The Bertz CT molecular complexity index is 651. The molecule has 0 amide bonds. The van der Waals surface area contributed by atoms with Crippen LogP contribution in [0.2, 0.25) is 5.02 Å². The van der Waals surface area contributed by atoms with Crippen molar-refractivity contribution in [3.8, 4) is 23.6 Å². The van der Waals surface area contributed by atoms with Gasteiger partial charge in [-0.25, -0.2) is 0 Å². The Morgan fingerprint density at radius 3 is 2.06 bits per heavy atom. The largest absolute Gasteiger partial charge is 0.456 e. The molecule has 0 bridgehead atoms. The molecule has 86 valence electrons. The number of nitriles is 2. The predicted octanol–water partition coefficient (Wildman–Crippen LogP) is 3.88. The van der Waals surface area contributed by atoms with Crippen molar-refractivity contribution in [2.45, 2.75) is 0 Å². The van der Waals surface area contributed by atoms with E-state index in [-0.39, 0.29) is 0 Å². The molecule has 0 radical (unpaired) electrons. The van der Waals surface area contributed by atoms with Crippen molar-refractivity contribution in [3.63, 3.8) is 0 Å². The van der Waals surface area contributed by atoms with Crippen LogP contribution in [0.5, 0.6) is 11.5 Å². The summed E-state index contributed by atoms with van der Waals surface area (Å²) in [6.45, 7) is 0. The van der Waals surface area contributed by atoms with Gasteiger partial charge < -0.3 is 4.74 Å². The van der Waals surface area contributed by atoms with Crippen LogP contribution in [0.3, 0.4) is 0 Å². The van der Waals surface area contributed by atoms with Gasteiger partial charge in [-0.05, 0) is 42.5 Å². The van der Waals surface area contributed by atoms with Crippen LogP contribution in [0.15, 0.2) is 42.5 Å². The van der Waals surface area contributed by atoms with E-state index in [2.05, 4.69) is 0 Å². The Kier molecular flexibility index (Phi) is 3.48. The van der Waals surface area contributed by atoms with E-state index >= 15 is 0 Å². The normalized spacial score (nSPS) is 9.28. The second-order valence-corrected chi connectivity index (χ2v) is 3.90. The SMILES string of the molecule is N#Cc1ccc(Oc2ccc(C#N)cc2Cl)cc1. The summed E-state index contributed by atoms with van der Waals surface area (Å²) in [5.74, 6) is 1.06. The third kappa shape index (κ3) is 2.60. The lowest BCUT2D eigenvalue weighted by molar-refractivity contribution is 0.483. The molecule has 0 saturated heterocycles. The van der Waals surface area contributed by atoms with Crippen molar-refractivity contribution < 1.29 is 4.74 Å². The van der Waals surface area contributed by atoms with Crippen LogP contribution >= 0.6 is 11.6 Å². The molecule has 18 heavy (non-hydrogen) atoms. The molecule has 0 aromatic heterocycles. The molecule has 0 spiro atoms. The Morgan fingerprint density at radius 1 is 0.889 bits per heavy atom. The van der Waals surface area contributed by atoms with Gasteiger partial charge in [0.1, 0.15) is 11.5 Å². The second-order valence-electron chi connectivity index (χ2n) is 3.50. The lowest BCUT2D eigenvalue weighted by atomic mass is 10.2. The van der Waals surface area contributed by atoms with Crippen LogP contribution in [0.25, 0.3) is 0 Å². The lowest BCUT2D eigenvalue weighted by Crippen LogP contribution is -1.86. The molecule has 0 aliphatic carbocycles. The molecule has 4 heteroatoms. The molecule has 0 fully saturated rings. The molecule has 0 saturated carbocycles. The van der Waals surface area contributed by atoms with Crippen molar-refractivity contribution in [3.05, 3.63) is 58.6 Å². The fourth-order valence-electron chi connectivity index (χ4n) is 1.38. The van der Waals surface area contributed by atoms with Crippen LogP contribution in [0.1, 0.15) is 11.1 Å². The van der Waals surface area contributed by atoms with Gasteiger partial charge in [0, 0.05) is 0 Å².